The summed E-state index contributed by atoms with van der Waals surface area (Å²) in [6.45, 7) is 4.17. The van der Waals surface area contributed by atoms with Crippen molar-refractivity contribution >= 4 is 24.0 Å². The van der Waals surface area contributed by atoms with Gasteiger partial charge in [-0.05, 0) is 74.0 Å². The van der Waals surface area contributed by atoms with Gasteiger partial charge in [-0.25, -0.2) is 0 Å². The van der Waals surface area contributed by atoms with Gasteiger partial charge in [0, 0.05) is 49.5 Å². The first-order valence-electron chi connectivity index (χ1n) is 13.5. The van der Waals surface area contributed by atoms with Crippen LogP contribution in [0.4, 0.5) is 18.9 Å². The van der Waals surface area contributed by atoms with Gasteiger partial charge in [0.1, 0.15) is 0 Å². The highest BCUT2D eigenvalue weighted by Crippen LogP contribution is 2.33. The lowest BCUT2D eigenvalue weighted by Gasteiger charge is -2.26. The fraction of sp³-hybridized carbons (Fsp3) is 0.387. The first-order chi connectivity index (χ1) is 19.5. The second-order valence-corrected chi connectivity index (χ2v) is 10.7. The van der Waals surface area contributed by atoms with Gasteiger partial charge in [-0.15, -0.1) is 0 Å². The molecule has 10 heteroatoms. The molecule has 3 unspecified atom stereocenters. The minimum atomic E-state index is -4.42. The molecule has 1 amide bonds. The van der Waals surface area contributed by atoms with Crippen molar-refractivity contribution in [1.82, 2.24) is 9.80 Å². The van der Waals surface area contributed by atoms with Crippen LogP contribution >= 0.6 is 0 Å². The number of amides is 1. The van der Waals surface area contributed by atoms with Crippen molar-refractivity contribution in [3.63, 3.8) is 0 Å². The zero-order valence-electron chi connectivity index (χ0n) is 23.5. The molecule has 4 rings (SSSR count). The molecule has 1 fully saturated rings. The quantitative estimate of drug-likeness (QED) is 0.365. The predicted octanol–water partition coefficient (Wildman–Crippen LogP) is 5.64. The number of likely N-dealkylation sites (tertiary alicyclic amines) is 1. The standard InChI is InChI=1S/C31H36F3N5O2/c1-21-7-8-24(23-5-4-6-26(13-23)31(32,33)34)14-28(21)37-16-25(15-35)27-17-36-11-9-29(27)41-20-22-10-12-39(18-22)30(40)19-38(2)3/h4-9,11,13-17,22,27,29,35,37H,10,12,18-20H2,1-3H3/b25-16+,35-15?. The number of hydrogen-bond acceptors (Lipinski definition) is 6. The third-order valence-corrected chi connectivity index (χ3v) is 7.28. The topological polar surface area (TPSA) is 81.0 Å². The number of alkyl halides is 3. The normalized spacial score (nSPS) is 21.0. The first kappa shape index (κ1) is 30.2. The number of anilines is 1. The Hall–Kier alpha value is -3.76. The third-order valence-electron chi connectivity index (χ3n) is 7.28. The maximum Gasteiger partial charge on any atom is 0.416 e. The number of ether oxygens (including phenoxy) is 1. The highest BCUT2D eigenvalue weighted by Gasteiger charge is 2.31. The number of aliphatic imine (C=N–C) groups is 1. The summed E-state index contributed by atoms with van der Waals surface area (Å²) in [5, 5.41) is 11.3. The molecule has 2 N–H and O–H groups in total. The van der Waals surface area contributed by atoms with Gasteiger partial charge in [-0.3, -0.25) is 9.79 Å². The maximum absolute atomic E-state index is 13.2. The van der Waals surface area contributed by atoms with Crippen molar-refractivity contribution in [2.45, 2.75) is 25.6 Å². The minimum absolute atomic E-state index is 0.118. The van der Waals surface area contributed by atoms with Crippen molar-refractivity contribution in [1.29, 1.82) is 5.41 Å². The van der Waals surface area contributed by atoms with Gasteiger partial charge >= 0.3 is 6.18 Å². The monoisotopic (exact) mass is 567 g/mol. The fourth-order valence-electron chi connectivity index (χ4n) is 4.96. The molecule has 0 aromatic heterocycles. The summed E-state index contributed by atoms with van der Waals surface area (Å²) in [6, 6.07) is 10.7. The summed E-state index contributed by atoms with van der Waals surface area (Å²) in [6.07, 6.45) is 4.40. The lowest BCUT2D eigenvalue weighted by atomic mass is 9.93. The minimum Gasteiger partial charge on any atom is -0.373 e. The Labute approximate surface area is 238 Å². The molecule has 0 spiro atoms. The largest absolute Gasteiger partial charge is 0.416 e. The third kappa shape index (κ3) is 7.92. The number of halogens is 3. The molecule has 41 heavy (non-hydrogen) atoms. The van der Waals surface area contributed by atoms with Crippen LogP contribution in [0, 0.1) is 24.2 Å². The molecule has 2 aliphatic heterocycles. The number of rotatable bonds is 10. The summed E-state index contributed by atoms with van der Waals surface area (Å²) in [7, 11) is 3.76. The van der Waals surface area contributed by atoms with E-state index in [1.807, 2.05) is 43.0 Å². The van der Waals surface area contributed by atoms with Crippen molar-refractivity contribution in [2.24, 2.45) is 16.8 Å². The van der Waals surface area contributed by atoms with Crippen LogP contribution in [0.1, 0.15) is 17.5 Å². The molecule has 2 aromatic rings. The van der Waals surface area contributed by atoms with E-state index in [0.717, 1.165) is 30.7 Å². The molecule has 2 aromatic carbocycles. The first-order valence-corrected chi connectivity index (χ1v) is 13.5. The molecule has 7 nitrogen and oxygen atoms in total. The molecule has 0 radical (unpaired) electrons. The predicted molar refractivity (Wildman–Crippen MR) is 156 cm³/mol. The number of aryl methyl sites for hydroxylation is 1. The van der Waals surface area contributed by atoms with Crippen LogP contribution in [0.15, 0.2) is 71.5 Å². The highest BCUT2D eigenvalue weighted by atomic mass is 19.4. The maximum atomic E-state index is 13.2. The van der Waals surface area contributed by atoms with E-state index in [0.29, 0.717) is 42.1 Å². The van der Waals surface area contributed by atoms with Crippen molar-refractivity contribution in [3.05, 3.63) is 77.6 Å². The summed E-state index contributed by atoms with van der Waals surface area (Å²) in [4.78, 5) is 20.4. The van der Waals surface area contributed by atoms with Crippen LogP contribution < -0.4 is 5.32 Å². The molecule has 1 saturated heterocycles. The van der Waals surface area contributed by atoms with Gasteiger partial charge in [0.2, 0.25) is 5.91 Å². The number of benzene rings is 2. The molecular formula is C31H36F3N5O2. The van der Waals surface area contributed by atoms with Crippen LogP contribution in [0.25, 0.3) is 11.1 Å². The van der Waals surface area contributed by atoms with E-state index in [2.05, 4.69) is 10.3 Å². The Morgan fingerprint density at radius 3 is 2.73 bits per heavy atom. The van der Waals surface area contributed by atoms with Crippen LogP contribution in [-0.2, 0) is 15.7 Å². The van der Waals surface area contributed by atoms with Crippen molar-refractivity contribution < 1.29 is 22.7 Å². The van der Waals surface area contributed by atoms with Gasteiger partial charge in [-0.1, -0.05) is 24.3 Å². The van der Waals surface area contributed by atoms with Gasteiger partial charge in [0.15, 0.2) is 0 Å². The number of carbonyl (C=O) groups is 1. The van der Waals surface area contributed by atoms with Gasteiger partial charge in [-0.2, -0.15) is 13.2 Å². The summed E-state index contributed by atoms with van der Waals surface area (Å²) in [5.41, 5.74) is 2.67. The van der Waals surface area contributed by atoms with E-state index in [1.54, 1.807) is 36.8 Å². The van der Waals surface area contributed by atoms with Gasteiger partial charge in [0.05, 0.1) is 30.7 Å². The van der Waals surface area contributed by atoms with Crippen LogP contribution in [-0.4, -0.2) is 74.6 Å². The number of hydrogen-bond donors (Lipinski definition) is 2. The molecule has 0 bridgehead atoms. The highest BCUT2D eigenvalue weighted by molar-refractivity contribution is 5.86. The van der Waals surface area contributed by atoms with E-state index in [-0.39, 0.29) is 23.8 Å². The Morgan fingerprint density at radius 1 is 1.22 bits per heavy atom. The molecule has 0 aliphatic carbocycles. The van der Waals surface area contributed by atoms with Crippen LogP contribution in [0.5, 0.6) is 0 Å². The second kappa shape index (κ2) is 13.3. The smallest absolute Gasteiger partial charge is 0.373 e. The molecule has 3 atom stereocenters. The van der Waals surface area contributed by atoms with Gasteiger partial charge < -0.3 is 25.3 Å². The fourth-order valence-corrected chi connectivity index (χ4v) is 4.96. The second-order valence-electron chi connectivity index (χ2n) is 10.7. The molecule has 2 aliphatic rings. The Bertz CT molecular complexity index is 1340. The van der Waals surface area contributed by atoms with Gasteiger partial charge in [0.25, 0.3) is 0 Å². The van der Waals surface area contributed by atoms with E-state index >= 15 is 0 Å². The lowest BCUT2D eigenvalue weighted by Crippen LogP contribution is -2.36. The SMILES string of the molecule is Cc1ccc(-c2cccc(C(F)(F)F)c2)cc1N/C=C(\C=N)C1C=NC=CC1OCC1CCN(C(=O)CN(C)C)C1. The summed E-state index contributed by atoms with van der Waals surface area (Å²) < 4.78 is 46.0. The number of nitrogens with zero attached hydrogens (tertiary/aromatic N) is 3. The molecular weight excluding hydrogens is 531 g/mol. The Balaban J connectivity index is 1.43. The van der Waals surface area contributed by atoms with E-state index in [4.69, 9.17) is 10.1 Å². The Kier molecular flexibility index (Phi) is 9.77. The average Bonchev–Trinajstić information content (AvgIpc) is 3.42. The molecule has 2 heterocycles. The summed E-state index contributed by atoms with van der Waals surface area (Å²) in [5.74, 6) is 0.0539. The van der Waals surface area contributed by atoms with E-state index < -0.39 is 11.7 Å². The molecule has 218 valence electrons. The molecule has 0 saturated carbocycles. The van der Waals surface area contributed by atoms with Crippen molar-refractivity contribution in [2.75, 3.05) is 45.7 Å². The number of likely N-dealkylation sites (N-methyl/N-ethyl adjacent to an activating group) is 1. The van der Waals surface area contributed by atoms with Crippen molar-refractivity contribution in [3.8, 4) is 11.1 Å². The zero-order chi connectivity index (χ0) is 29.6. The lowest BCUT2D eigenvalue weighted by molar-refractivity contribution is -0.137. The van der Waals surface area contributed by atoms with Crippen LogP contribution in [0.3, 0.4) is 0 Å². The Morgan fingerprint density at radius 2 is 2.00 bits per heavy atom. The zero-order valence-corrected chi connectivity index (χ0v) is 23.5. The number of carbonyl (C=O) groups excluding carboxylic acids is 1. The average molecular weight is 568 g/mol. The summed E-state index contributed by atoms with van der Waals surface area (Å²) >= 11 is 0. The van der Waals surface area contributed by atoms with Crippen LogP contribution in [0.2, 0.25) is 0 Å². The number of nitrogens with one attached hydrogen (secondary N) is 2. The van der Waals surface area contributed by atoms with E-state index in [1.165, 1.54) is 12.3 Å². The van der Waals surface area contributed by atoms with E-state index in [9.17, 15) is 18.0 Å².